The molecule has 0 amide bonds. The number of nitrogens with zero attached hydrogens (tertiary/aromatic N) is 1. The number of nitrogens with two attached hydrogens (primary N) is 1. The number of rotatable bonds is 3. The highest BCUT2D eigenvalue weighted by molar-refractivity contribution is 7.09. The summed E-state index contributed by atoms with van der Waals surface area (Å²) in [5, 5.41) is 9.65. The Kier molecular flexibility index (Phi) is 2.56. The molecular formula is C6H9N3OS. The van der Waals surface area contributed by atoms with Crippen molar-refractivity contribution in [3.63, 3.8) is 0 Å². The van der Waals surface area contributed by atoms with Crippen molar-refractivity contribution >= 4 is 17.2 Å². The molecule has 0 aliphatic heterocycles. The average molecular weight is 171 g/mol. The van der Waals surface area contributed by atoms with E-state index in [9.17, 15) is 0 Å². The summed E-state index contributed by atoms with van der Waals surface area (Å²) in [6.45, 7) is 0.484. The maximum absolute atomic E-state index is 7.06. The average Bonchev–Trinajstić information content (AvgIpc) is 2.37. The van der Waals surface area contributed by atoms with Crippen molar-refractivity contribution in [1.82, 2.24) is 4.98 Å². The molecule has 0 radical (unpaired) electrons. The van der Waals surface area contributed by atoms with Crippen molar-refractivity contribution in [2.45, 2.75) is 6.61 Å². The van der Waals surface area contributed by atoms with Crippen molar-refractivity contribution in [3.05, 3.63) is 16.1 Å². The predicted octanol–water partition coefficient (Wildman–Crippen LogP) is 0.574. The molecule has 0 fully saturated rings. The summed E-state index contributed by atoms with van der Waals surface area (Å²) in [6, 6.07) is 0. The van der Waals surface area contributed by atoms with Gasteiger partial charge < -0.3 is 10.5 Å². The third-order valence-electron chi connectivity index (χ3n) is 1.10. The Morgan fingerprint density at radius 2 is 2.64 bits per heavy atom. The van der Waals surface area contributed by atoms with Gasteiger partial charge in [0.25, 0.3) is 0 Å². The Balaban J connectivity index is 2.73. The SMILES string of the molecule is COCc1nc(C(=N)N)cs1. The minimum atomic E-state index is 0.00334. The van der Waals surface area contributed by atoms with Crippen LogP contribution >= 0.6 is 11.3 Å². The van der Waals surface area contributed by atoms with Crippen LogP contribution in [0.4, 0.5) is 0 Å². The number of hydrogen-bond donors (Lipinski definition) is 2. The summed E-state index contributed by atoms with van der Waals surface area (Å²) < 4.78 is 4.86. The van der Waals surface area contributed by atoms with Gasteiger partial charge in [-0.2, -0.15) is 0 Å². The van der Waals surface area contributed by atoms with Gasteiger partial charge in [0.05, 0.1) is 6.61 Å². The fraction of sp³-hybridized carbons (Fsp3) is 0.333. The first kappa shape index (κ1) is 8.16. The second kappa shape index (κ2) is 3.45. The maximum Gasteiger partial charge on any atom is 0.142 e. The molecular weight excluding hydrogens is 162 g/mol. The molecule has 0 aliphatic rings. The molecule has 0 spiro atoms. The molecule has 0 bridgehead atoms. The summed E-state index contributed by atoms with van der Waals surface area (Å²) in [4.78, 5) is 4.04. The largest absolute Gasteiger partial charge is 0.382 e. The quantitative estimate of drug-likeness (QED) is 0.516. The highest BCUT2D eigenvalue weighted by Crippen LogP contribution is 2.09. The van der Waals surface area contributed by atoms with E-state index in [0.717, 1.165) is 5.01 Å². The lowest BCUT2D eigenvalue weighted by Gasteiger charge is -1.90. The van der Waals surface area contributed by atoms with E-state index >= 15 is 0 Å². The van der Waals surface area contributed by atoms with E-state index in [1.54, 1.807) is 12.5 Å². The Hall–Kier alpha value is -0.940. The number of nitrogen functional groups attached to an aromatic ring is 1. The zero-order valence-electron chi connectivity index (χ0n) is 6.13. The number of methoxy groups -OCH3 is 1. The van der Waals surface area contributed by atoms with E-state index in [0.29, 0.717) is 12.3 Å². The standard InChI is InChI=1S/C6H9N3OS/c1-10-2-5-9-4(3-11-5)6(7)8/h3H,2H2,1H3,(H3,7,8). The number of ether oxygens (including phenoxy) is 1. The van der Waals surface area contributed by atoms with Gasteiger partial charge in [-0.25, -0.2) is 4.98 Å². The Morgan fingerprint density at radius 1 is 1.91 bits per heavy atom. The lowest BCUT2D eigenvalue weighted by molar-refractivity contribution is 0.184. The molecule has 1 rings (SSSR count). The molecule has 0 saturated carbocycles. The van der Waals surface area contributed by atoms with Crippen molar-refractivity contribution < 1.29 is 4.74 Å². The van der Waals surface area contributed by atoms with E-state index < -0.39 is 0 Å². The van der Waals surface area contributed by atoms with Crippen LogP contribution in [0.25, 0.3) is 0 Å². The summed E-state index contributed by atoms with van der Waals surface area (Å²) in [5.41, 5.74) is 5.74. The smallest absolute Gasteiger partial charge is 0.142 e. The van der Waals surface area contributed by atoms with Crippen LogP contribution in [0.15, 0.2) is 5.38 Å². The van der Waals surface area contributed by atoms with E-state index in [1.165, 1.54) is 11.3 Å². The summed E-state index contributed by atoms with van der Waals surface area (Å²) in [7, 11) is 1.61. The molecule has 60 valence electrons. The van der Waals surface area contributed by atoms with Gasteiger partial charge >= 0.3 is 0 Å². The van der Waals surface area contributed by atoms with Gasteiger partial charge in [-0.1, -0.05) is 0 Å². The molecule has 5 heteroatoms. The highest BCUT2D eigenvalue weighted by atomic mass is 32.1. The Labute approximate surface area is 68.5 Å². The van der Waals surface area contributed by atoms with Gasteiger partial charge in [0.2, 0.25) is 0 Å². The predicted molar refractivity (Wildman–Crippen MR) is 43.8 cm³/mol. The molecule has 0 aromatic carbocycles. The van der Waals surface area contributed by atoms with Gasteiger partial charge in [-0.05, 0) is 0 Å². The number of thiazole rings is 1. The molecule has 0 unspecified atom stereocenters. The lowest BCUT2D eigenvalue weighted by atomic mass is 10.5. The van der Waals surface area contributed by atoms with Crippen LogP contribution in [0.5, 0.6) is 0 Å². The van der Waals surface area contributed by atoms with E-state index in [2.05, 4.69) is 4.98 Å². The van der Waals surface area contributed by atoms with E-state index in [-0.39, 0.29) is 5.84 Å². The molecule has 4 nitrogen and oxygen atoms in total. The number of nitrogens with one attached hydrogen (secondary N) is 1. The van der Waals surface area contributed by atoms with Gasteiger partial charge in [-0.15, -0.1) is 11.3 Å². The van der Waals surface area contributed by atoms with Gasteiger partial charge in [-0.3, -0.25) is 5.41 Å². The van der Waals surface area contributed by atoms with Gasteiger partial charge in [0.1, 0.15) is 16.5 Å². The number of amidine groups is 1. The lowest BCUT2D eigenvalue weighted by Crippen LogP contribution is -2.11. The fourth-order valence-corrected chi connectivity index (χ4v) is 1.39. The topological polar surface area (TPSA) is 72.0 Å². The third-order valence-corrected chi connectivity index (χ3v) is 1.92. The summed E-state index contributed by atoms with van der Waals surface area (Å²) in [6.07, 6.45) is 0. The fourth-order valence-electron chi connectivity index (χ4n) is 0.624. The molecule has 11 heavy (non-hydrogen) atoms. The molecule has 0 saturated heterocycles. The van der Waals surface area contributed by atoms with Crippen molar-refractivity contribution in [1.29, 1.82) is 5.41 Å². The Morgan fingerprint density at radius 3 is 3.09 bits per heavy atom. The van der Waals surface area contributed by atoms with Gasteiger partial charge in [0, 0.05) is 12.5 Å². The normalized spacial score (nSPS) is 9.91. The van der Waals surface area contributed by atoms with Crippen LogP contribution in [0, 0.1) is 5.41 Å². The molecule has 3 N–H and O–H groups in total. The highest BCUT2D eigenvalue weighted by Gasteiger charge is 2.02. The third kappa shape index (κ3) is 1.99. The molecule has 1 heterocycles. The molecule has 1 aromatic rings. The zero-order chi connectivity index (χ0) is 8.27. The Bertz CT molecular complexity index is 258. The molecule has 1 aromatic heterocycles. The second-order valence-corrected chi connectivity index (χ2v) is 2.92. The van der Waals surface area contributed by atoms with Crippen LogP contribution < -0.4 is 5.73 Å². The van der Waals surface area contributed by atoms with Crippen LogP contribution in [-0.4, -0.2) is 17.9 Å². The van der Waals surface area contributed by atoms with Crippen LogP contribution in [-0.2, 0) is 11.3 Å². The van der Waals surface area contributed by atoms with Crippen molar-refractivity contribution in [3.8, 4) is 0 Å². The summed E-state index contributed by atoms with van der Waals surface area (Å²) in [5.74, 6) is 0.00334. The van der Waals surface area contributed by atoms with E-state index in [4.69, 9.17) is 15.9 Å². The minimum absolute atomic E-state index is 0.00334. The van der Waals surface area contributed by atoms with E-state index in [1.807, 2.05) is 0 Å². The molecule has 0 aliphatic carbocycles. The van der Waals surface area contributed by atoms with Crippen LogP contribution in [0.2, 0.25) is 0 Å². The summed E-state index contributed by atoms with van der Waals surface area (Å²) >= 11 is 1.45. The first-order valence-electron chi connectivity index (χ1n) is 3.01. The monoisotopic (exact) mass is 171 g/mol. The second-order valence-electron chi connectivity index (χ2n) is 1.97. The van der Waals surface area contributed by atoms with Crippen molar-refractivity contribution in [2.75, 3.05) is 7.11 Å². The maximum atomic E-state index is 7.06. The minimum Gasteiger partial charge on any atom is -0.382 e. The van der Waals surface area contributed by atoms with Crippen LogP contribution in [0.3, 0.4) is 0 Å². The first-order valence-corrected chi connectivity index (χ1v) is 3.89. The number of aromatic nitrogens is 1. The molecule has 0 atom stereocenters. The zero-order valence-corrected chi connectivity index (χ0v) is 6.94. The first-order chi connectivity index (χ1) is 5.24. The number of hydrogen-bond acceptors (Lipinski definition) is 4. The van der Waals surface area contributed by atoms with Crippen LogP contribution in [0.1, 0.15) is 10.7 Å². The van der Waals surface area contributed by atoms with Gasteiger partial charge in [0.15, 0.2) is 0 Å². The van der Waals surface area contributed by atoms with Crippen molar-refractivity contribution in [2.24, 2.45) is 5.73 Å².